The van der Waals surface area contributed by atoms with Crippen LogP contribution in [0.1, 0.15) is 181 Å². The van der Waals surface area contributed by atoms with Crippen molar-refractivity contribution >= 4 is 11.9 Å². The van der Waals surface area contributed by atoms with E-state index in [0.29, 0.717) is 12.8 Å². The SMILES string of the molecule is CCCCCCC/C=C/CCCCCCCC(=O)O[C@H](COC(=O)CCCCCCCCCCCCCC)CO[C@@H]1O[C@H](CO[C@@H]2O[C@H](CO)[C@H](O)C(O)C2O)[C@H](O)C(O)C1O. The minimum Gasteiger partial charge on any atom is -0.462 e. The number of hydrogen-bond donors (Lipinski definition) is 7. The molecule has 2 fully saturated rings. The highest BCUT2D eigenvalue weighted by Gasteiger charge is 2.47. The molecule has 2 aliphatic rings. The number of carbonyl (C=O) groups excluding carboxylic acids is 2. The minimum absolute atomic E-state index is 0.159. The predicted octanol–water partition coefficient (Wildman–Crippen LogP) is 5.82. The number of allylic oxidation sites excluding steroid dienone is 2. The maximum Gasteiger partial charge on any atom is 0.306 e. The van der Waals surface area contributed by atoms with Crippen LogP contribution < -0.4 is 0 Å². The molecule has 0 aliphatic carbocycles. The molecule has 62 heavy (non-hydrogen) atoms. The first-order valence-corrected chi connectivity index (χ1v) is 24.3. The highest BCUT2D eigenvalue weighted by Crippen LogP contribution is 2.26. The van der Waals surface area contributed by atoms with Crippen LogP contribution in [0.25, 0.3) is 0 Å². The van der Waals surface area contributed by atoms with Gasteiger partial charge in [0.2, 0.25) is 0 Å². The Morgan fingerprint density at radius 2 is 0.919 bits per heavy atom. The maximum atomic E-state index is 12.9. The lowest BCUT2D eigenvalue weighted by molar-refractivity contribution is -0.332. The van der Waals surface area contributed by atoms with Crippen molar-refractivity contribution in [3.05, 3.63) is 12.2 Å². The Morgan fingerprint density at radius 3 is 1.42 bits per heavy atom. The van der Waals surface area contributed by atoms with Crippen molar-refractivity contribution in [3.8, 4) is 0 Å². The molecule has 0 aromatic heterocycles. The van der Waals surface area contributed by atoms with Gasteiger partial charge in [-0.2, -0.15) is 0 Å². The van der Waals surface area contributed by atoms with E-state index in [2.05, 4.69) is 26.0 Å². The first-order valence-electron chi connectivity index (χ1n) is 24.3. The van der Waals surface area contributed by atoms with Crippen LogP contribution in [0.2, 0.25) is 0 Å². The van der Waals surface area contributed by atoms with E-state index in [4.69, 9.17) is 28.4 Å². The van der Waals surface area contributed by atoms with Gasteiger partial charge in [-0.25, -0.2) is 0 Å². The molecule has 15 nitrogen and oxygen atoms in total. The number of hydrogen-bond acceptors (Lipinski definition) is 15. The molecule has 0 aromatic rings. The Bertz CT molecular complexity index is 1140. The fourth-order valence-corrected chi connectivity index (χ4v) is 7.68. The molecule has 0 saturated carbocycles. The fraction of sp³-hybridized carbons (Fsp3) is 0.915. The summed E-state index contributed by atoms with van der Waals surface area (Å²) in [6, 6.07) is 0. The molecule has 0 amide bonds. The van der Waals surface area contributed by atoms with Crippen LogP contribution in [0.5, 0.6) is 0 Å². The largest absolute Gasteiger partial charge is 0.462 e. The topological polar surface area (TPSA) is 231 Å². The molecule has 0 spiro atoms. The molecule has 0 bridgehead atoms. The molecule has 364 valence electrons. The Labute approximate surface area is 371 Å². The van der Waals surface area contributed by atoms with Crippen LogP contribution in [-0.2, 0) is 38.0 Å². The summed E-state index contributed by atoms with van der Waals surface area (Å²) in [5, 5.41) is 71.9. The van der Waals surface area contributed by atoms with E-state index in [1.165, 1.54) is 83.5 Å². The van der Waals surface area contributed by atoms with Crippen LogP contribution >= 0.6 is 0 Å². The number of carbonyl (C=O) groups is 2. The average Bonchev–Trinajstić information content (AvgIpc) is 3.26. The monoisotopic (exact) mass is 891 g/mol. The fourth-order valence-electron chi connectivity index (χ4n) is 7.68. The van der Waals surface area contributed by atoms with Gasteiger partial charge in [-0.3, -0.25) is 9.59 Å². The third kappa shape index (κ3) is 24.0. The van der Waals surface area contributed by atoms with Crippen LogP contribution in [0.3, 0.4) is 0 Å². The van der Waals surface area contributed by atoms with Gasteiger partial charge in [-0.1, -0.05) is 142 Å². The van der Waals surface area contributed by atoms with Crippen molar-refractivity contribution in [1.82, 2.24) is 0 Å². The van der Waals surface area contributed by atoms with Crippen LogP contribution in [0.15, 0.2) is 12.2 Å². The summed E-state index contributed by atoms with van der Waals surface area (Å²) < 4.78 is 33.5. The highest BCUT2D eigenvalue weighted by molar-refractivity contribution is 5.70. The first-order chi connectivity index (χ1) is 30.0. The second-order valence-electron chi connectivity index (χ2n) is 17.3. The van der Waals surface area contributed by atoms with Gasteiger partial charge >= 0.3 is 11.9 Å². The third-order valence-corrected chi connectivity index (χ3v) is 11.7. The molecule has 2 heterocycles. The Balaban J connectivity index is 1.84. The molecule has 11 atom stereocenters. The van der Waals surface area contributed by atoms with E-state index >= 15 is 0 Å². The zero-order valence-electron chi connectivity index (χ0n) is 38.1. The summed E-state index contributed by atoms with van der Waals surface area (Å²) in [5.41, 5.74) is 0. The summed E-state index contributed by atoms with van der Waals surface area (Å²) in [6.07, 6.45) is 15.3. The van der Waals surface area contributed by atoms with Gasteiger partial charge < -0.3 is 64.2 Å². The van der Waals surface area contributed by atoms with Crippen molar-refractivity contribution < 1.29 is 73.8 Å². The number of aliphatic hydroxyl groups excluding tert-OH is 7. The Hall–Kier alpha value is -1.76. The van der Waals surface area contributed by atoms with E-state index < -0.39 is 92.7 Å². The summed E-state index contributed by atoms with van der Waals surface area (Å²) in [4.78, 5) is 25.6. The summed E-state index contributed by atoms with van der Waals surface area (Å²) >= 11 is 0. The maximum absolute atomic E-state index is 12.9. The van der Waals surface area contributed by atoms with Crippen molar-refractivity contribution in [2.24, 2.45) is 0 Å². The van der Waals surface area contributed by atoms with Gasteiger partial charge in [0.05, 0.1) is 19.8 Å². The van der Waals surface area contributed by atoms with Gasteiger partial charge in [0.15, 0.2) is 18.7 Å². The standard InChI is InChI=1S/C47H86O15/c1-3-5-7-9-11-13-15-17-18-20-22-24-26-28-30-39(50)60-35(32-57-38(49)29-27-25-23-21-19-16-14-12-10-8-6-4-2)33-58-46-45(56)43(54)41(52)37(62-46)34-59-47-44(55)42(53)40(51)36(31-48)61-47/h15,17,35-37,40-48,51-56H,3-14,16,18-34H2,1-2H3/b17-15+/t35-,36-,37-,40+,41+,42?,43?,44?,45?,46-,47-/m1/s1. The van der Waals surface area contributed by atoms with Crippen LogP contribution in [0.4, 0.5) is 0 Å². The lowest BCUT2D eigenvalue weighted by Crippen LogP contribution is -2.61. The van der Waals surface area contributed by atoms with Crippen molar-refractivity contribution in [2.45, 2.75) is 248 Å². The molecule has 0 radical (unpaired) electrons. The molecule has 0 aromatic carbocycles. The van der Waals surface area contributed by atoms with Crippen LogP contribution in [0, 0.1) is 0 Å². The number of esters is 2. The van der Waals surface area contributed by atoms with Crippen molar-refractivity contribution in [2.75, 3.05) is 26.4 Å². The highest BCUT2D eigenvalue weighted by atomic mass is 16.7. The number of rotatable bonds is 37. The van der Waals surface area contributed by atoms with Crippen molar-refractivity contribution in [3.63, 3.8) is 0 Å². The molecular weight excluding hydrogens is 805 g/mol. The normalized spacial score (nSPS) is 27.1. The lowest BCUT2D eigenvalue weighted by atomic mass is 9.98. The minimum atomic E-state index is -1.76. The summed E-state index contributed by atoms with van der Waals surface area (Å²) in [6.45, 7) is 2.57. The number of aliphatic hydroxyl groups is 7. The predicted molar refractivity (Wildman–Crippen MR) is 234 cm³/mol. The molecular formula is C47H86O15. The van der Waals surface area contributed by atoms with E-state index in [1.54, 1.807) is 0 Å². The second kappa shape index (κ2) is 35.5. The molecule has 7 N–H and O–H groups in total. The second-order valence-corrected chi connectivity index (χ2v) is 17.3. The van der Waals surface area contributed by atoms with Gasteiger partial charge in [-0.05, 0) is 38.5 Å². The summed E-state index contributed by atoms with van der Waals surface area (Å²) in [5.74, 6) is -0.929. The number of unbranched alkanes of at least 4 members (excludes halogenated alkanes) is 21. The van der Waals surface area contributed by atoms with E-state index in [-0.39, 0.29) is 26.1 Å². The summed E-state index contributed by atoms with van der Waals surface area (Å²) in [7, 11) is 0. The van der Waals surface area contributed by atoms with Crippen LogP contribution in [-0.4, -0.2) is 142 Å². The molecule has 15 heteroatoms. The van der Waals surface area contributed by atoms with E-state index in [9.17, 15) is 45.3 Å². The zero-order valence-corrected chi connectivity index (χ0v) is 38.1. The first kappa shape index (κ1) is 56.4. The molecule has 2 rings (SSSR count). The molecule has 2 aliphatic heterocycles. The molecule has 2 saturated heterocycles. The zero-order chi connectivity index (χ0) is 45.4. The average molecular weight is 891 g/mol. The van der Waals surface area contributed by atoms with Gasteiger partial charge in [0, 0.05) is 12.8 Å². The Morgan fingerprint density at radius 1 is 0.500 bits per heavy atom. The smallest absolute Gasteiger partial charge is 0.306 e. The Kier molecular flexibility index (Phi) is 32.3. The van der Waals surface area contributed by atoms with Crippen molar-refractivity contribution in [1.29, 1.82) is 0 Å². The van der Waals surface area contributed by atoms with Gasteiger partial charge in [0.25, 0.3) is 0 Å². The van der Waals surface area contributed by atoms with Gasteiger partial charge in [0.1, 0.15) is 55.4 Å². The van der Waals surface area contributed by atoms with E-state index in [1.807, 2.05) is 0 Å². The molecule has 4 unspecified atom stereocenters. The quantitative estimate of drug-likeness (QED) is 0.0221. The van der Waals surface area contributed by atoms with E-state index in [0.717, 1.165) is 57.8 Å². The lowest BCUT2D eigenvalue weighted by Gasteiger charge is -2.42. The third-order valence-electron chi connectivity index (χ3n) is 11.7. The van der Waals surface area contributed by atoms with Gasteiger partial charge in [-0.15, -0.1) is 0 Å². The number of ether oxygens (including phenoxy) is 6.